The molecule has 152 valence electrons. The molecular formula is C20H35N5O2. The third-order valence-electron chi connectivity index (χ3n) is 3.70. The first-order chi connectivity index (χ1) is 12.7. The summed E-state index contributed by atoms with van der Waals surface area (Å²) in [4.78, 5) is 17.9. The fourth-order valence-electron chi connectivity index (χ4n) is 2.31. The molecule has 0 saturated carbocycles. The highest BCUT2D eigenvalue weighted by molar-refractivity contribution is 5.79. The zero-order valence-electron chi connectivity index (χ0n) is 17.6. The number of alkyl carbamates (subject to hydrolysis) is 1. The Bertz CT molecular complexity index is 591. The lowest BCUT2D eigenvalue weighted by Gasteiger charge is -2.19. The lowest BCUT2D eigenvalue weighted by Crippen LogP contribution is -2.40. The van der Waals surface area contributed by atoms with Crippen molar-refractivity contribution in [1.82, 2.24) is 16.0 Å². The number of anilines is 1. The number of nitrogens with one attached hydrogen (secondary N) is 3. The number of ether oxygens (including phenoxy) is 1. The van der Waals surface area contributed by atoms with Crippen LogP contribution in [0.25, 0.3) is 0 Å². The summed E-state index contributed by atoms with van der Waals surface area (Å²) in [6, 6.07) is 8.55. The molecular weight excluding hydrogens is 342 g/mol. The van der Waals surface area contributed by atoms with E-state index in [4.69, 9.17) is 4.74 Å². The summed E-state index contributed by atoms with van der Waals surface area (Å²) in [5.74, 6) is 0.761. The van der Waals surface area contributed by atoms with Gasteiger partial charge in [-0.15, -0.1) is 0 Å². The maximum absolute atomic E-state index is 11.6. The van der Waals surface area contributed by atoms with E-state index in [0.29, 0.717) is 13.1 Å². The Morgan fingerprint density at radius 3 is 2.19 bits per heavy atom. The predicted octanol–water partition coefficient (Wildman–Crippen LogP) is 2.37. The van der Waals surface area contributed by atoms with Crippen LogP contribution in [-0.4, -0.2) is 58.4 Å². The van der Waals surface area contributed by atoms with Gasteiger partial charge in [-0.2, -0.15) is 0 Å². The molecule has 0 fully saturated rings. The Hall–Kier alpha value is -2.44. The minimum absolute atomic E-state index is 0.384. The molecule has 0 unspecified atom stereocenters. The summed E-state index contributed by atoms with van der Waals surface area (Å²) in [5.41, 5.74) is 2.01. The van der Waals surface area contributed by atoms with Gasteiger partial charge >= 0.3 is 6.09 Å². The summed E-state index contributed by atoms with van der Waals surface area (Å²) in [7, 11) is 5.82. The van der Waals surface area contributed by atoms with E-state index in [0.717, 1.165) is 25.3 Å². The van der Waals surface area contributed by atoms with Crippen LogP contribution >= 0.6 is 0 Å². The van der Waals surface area contributed by atoms with Crippen molar-refractivity contribution in [3.8, 4) is 0 Å². The van der Waals surface area contributed by atoms with Crippen LogP contribution in [0.1, 0.15) is 32.8 Å². The zero-order valence-corrected chi connectivity index (χ0v) is 17.6. The maximum atomic E-state index is 11.6. The van der Waals surface area contributed by atoms with Crippen LogP contribution in [0, 0.1) is 0 Å². The normalized spacial score (nSPS) is 11.7. The molecule has 0 bridgehead atoms. The first kappa shape index (κ1) is 22.6. The first-order valence-electron chi connectivity index (χ1n) is 9.39. The van der Waals surface area contributed by atoms with Gasteiger partial charge in [0.05, 0.1) is 0 Å². The fourth-order valence-corrected chi connectivity index (χ4v) is 2.31. The van der Waals surface area contributed by atoms with Crippen LogP contribution in [0.5, 0.6) is 0 Å². The lowest BCUT2D eigenvalue weighted by atomic mass is 10.1. The number of hydrogen-bond acceptors (Lipinski definition) is 4. The van der Waals surface area contributed by atoms with Gasteiger partial charge in [-0.05, 0) is 51.3 Å². The molecule has 7 nitrogen and oxygen atoms in total. The monoisotopic (exact) mass is 377 g/mol. The van der Waals surface area contributed by atoms with Crippen molar-refractivity contribution in [3.63, 3.8) is 0 Å². The van der Waals surface area contributed by atoms with Gasteiger partial charge < -0.3 is 25.6 Å². The predicted molar refractivity (Wildman–Crippen MR) is 113 cm³/mol. The quantitative estimate of drug-likeness (QED) is 0.368. The smallest absolute Gasteiger partial charge is 0.407 e. The van der Waals surface area contributed by atoms with E-state index >= 15 is 0 Å². The average molecular weight is 378 g/mol. The Morgan fingerprint density at radius 2 is 1.63 bits per heavy atom. The standard InChI is InChI=1S/C20H35N5O2/c1-20(2,3)27-19(26)24-14-7-13-22-18(21-4)23-15-12-16-8-10-17(11-9-16)25(5)6/h8-11H,7,12-15H2,1-6H3,(H,24,26)(H2,21,22,23). The van der Waals surface area contributed by atoms with Gasteiger partial charge in [0, 0.05) is 46.5 Å². The Balaban J connectivity index is 2.19. The van der Waals surface area contributed by atoms with Gasteiger partial charge in [-0.25, -0.2) is 4.79 Å². The highest BCUT2D eigenvalue weighted by Gasteiger charge is 2.15. The fraction of sp³-hybridized carbons (Fsp3) is 0.600. The van der Waals surface area contributed by atoms with E-state index in [1.807, 2.05) is 34.9 Å². The van der Waals surface area contributed by atoms with Crippen molar-refractivity contribution < 1.29 is 9.53 Å². The molecule has 0 spiro atoms. The highest BCUT2D eigenvalue weighted by Crippen LogP contribution is 2.12. The molecule has 0 radical (unpaired) electrons. The van der Waals surface area contributed by atoms with Gasteiger partial charge in [0.2, 0.25) is 0 Å². The molecule has 0 atom stereocenters. The van der Waals surface area contributed by atoms with Crippen molar-refractivity contribution in [2.75, 3.05) is 45.7 Å². The Labute approximate surface area is 163 Å². The molecule has 3 N–H and O–H groups in total. The minimum atomic E-state index is -0.471. The number of carbonyl (C=O) groups is 1. The zero-order chi connectivity index (χ0) is 20.3. The Kier molecular flexibility index (Phi) is 9.47. The third-order valence-corrected chi connectivity index (χ3v) is 3.70. The summed E-state index contributed by atoms with van der Waals surface area (Å²) in [6.07, 6.45) is 1.32. The van der Waals surface area contributed by atoms with Crippen molar-refractivity contribution in [2.24, 2.45) is 4.99 Å². The number of guanidine groups is 1. The van der Waals surface area contributed by atoms with E-state index in [-0.39, 0.29) is 6.09 Å². The molecule has 7 heteroatoms. The topological polar surface area (TPSA) is 78.0 Å². The molecule has 1 aromatic rings. The minimum Gasteiger partial charge on any atom is -0.444 e. The molecule has 27 heavy (non-hydrogen) atoms. The van der Waals surface area contributed by atoms with Crippen molar-refractivity contribution in [3.05, 3.63) is 29.8 Å². The number of nitrogens with zero attached hydrogens (tertiary/aromatic N) is 2. The highest BCUT2D eigenvalue weighted by atomic mass is 16.6. The lowest BCUT2D eigenvalue weighted by molar-refractivity contribution is 0.0527. The van der Waals surface area contributed by atoms with Gasteiger partial charge in [0.25, 0.3) is 0 Å². The second-order valence-corrected chi connectivity index (χ2v) is 7.52. The summed E-state index contributed by atoms with van der Waals surface area (Å²) in [6.45, 7) is 7.61. The molecule has 0 aliphatic heterocycles. The molecule has 0 heterocycles. The van der Waals surface area contributed by atoms with E-state index < -0.39 is 5.60 Å². The number of aliphatic imine (C=N–C) groups is 1. The van der Waals surface area contributed by atoms with Crippen LogP contribution in [0.3, 0.4) is 0 Å². The molecule has 1 rings (SSSR count). The molecule has 0 aliphatic rings. The van der Waals surface area contributed by atoms with Gasteiger partial charge in [0.15, 0.2) is 5.96 Å². The van der Waals surface area contributed by atoms with Crippen molar-refractivity contribution in [2.45, 2.75) is 39.2 Å². The maximum Gasteiger partial charge on any atom is 0.407 e. The average Bonchev–Trinajstić information content (AvgIpc) is 2.58. The summed E-state index contributed by atoms with van der Waals surface area (Å²) < 4.78 is 5.19. The molecule has 0 aromatic heterocycles. The Morgan fingerprint density at radius 1 is 1.04 bits per heavy atom. The largest absolute Gasteiger partial charge is 0.444 e. The number of rotatable bonds is 8. The van der Waals surface area contributed by atoms with Crippen LogP contribution in [0.2, 0.25) is 0 Å². The third kappa shape index (κ3) is 10.3. The summed E-state index contributed by atoms with van der Waals surface area (Å²) >= 11 is 0. The number of carbonyl (C=O) groups excluding carboxylic acids is 1. The van der Waals surface area contributed by atoms with Crippen LogP contribution < -0.4 is 20.9 Å². The molecule has 1 aromatic carbocycles. The van der Waals surface area contributed by atoms with Crippen molar-refractivity contribution in [1.29, 1.82) is 0 Å². The van der Waals surface area contributed by atoms with E-state index in [9.17, 15) is 4.79 Å². The van der Waals surface area contributed by atoms with E-state index in [1.165, 1.54) is 11.3 Å². The first-order valence-corrected chi connectivity index (χ1v) is 9.39. The van der Waals surface area contributed by atoms with Crippen LogP contribution in [0.15, 0.2) is 29.3 Å². The number of hydrogen-bond donors (Lipinski definition) is 3. The van der Waals surface area contributed by atoms with Gasteiger partial charge in [-0.3, -0.25) is 4.99 Å². The van der Waals surface area contributed by atoms with E-state index in [1.54, 1.807) is 7.05 Å². The van der Waals surface area contributed by atoms with E-state index in [2.05, 4.69) is 50.1 Å². The number of benzene rings is 1. The van der Waals surface area contributed by atoms with Crippen LogP contribution in [0.4, 0.5) is 10.5 Å². The summed E-state index contributed by atoms with van der Waals surface area (Å²) in [5, 5.41) is 9.29. The molecule has 0 aliphatic carbocycles. The second kappa shape index (κ2) is 11.3. The van der Waals surface area contributed by atoms with Gasteiger partial charge in [-0.1, -0.05) is 12.1 Å². The van der Waals surface area contributed by atoms with Gasteiger partial charge in [0.1, 0.15) is 5.60 Å². The number of amides is 1. The van der Waals surface area contributed by atoms with Crippen molar-refractivity contribution >= 4 is 17.7 Å². The van der Waals surface area contributed by atoms with Crippen LogP contribution in [-0.2, 0) is 11.2 Å². The molecule has 1 amide bonds. The second-order valence-electron chi connectivity index (χ2n) is 7.52. The molecule has 0 saturated heterocycles. The SMILES string of the molecule is CN=C(NCCCNC(=O)OC(C)(C)C)NCCc1ccc(N(C)C)cc1.